The fourth-order valence-corrected chi connectivity index (χ4v) is 4.31. The predicted molar refractivity (Wildman–Crippen MR) is 102 cm³/mol. The zero-order chi connectivity index (χ0) is 18.0. The number of nitrogens with one attached hydrogen (secondary N) is 1. The Labute approximate surface area is 155 Å². The van der Waals surface area contributed by atoms with Crippen molar-refractivity contribution in [1.82, 2.24) is 5.32 Å². The molecule has 0 amide bonds. The average molecular weight is 362 g/mol. The summed E-state index contributed by atoms with van der Waals surface area (Å²) in [6.45, 7) is 4.17. The molecule has 3 nitrogen and oxygen atoms in total. The van der Waals surface area contributed by atoms with E-state index in [9.17, 15) is 9.90 Å². The fourth-order valence-electron chi connectivity index (χ4n) is 4.07. The van der Waals surface area contributed by atoms with Gasteiger partial charge >= 0.3 is 0 Å². The number of carbonyl (C=O) groups excluding carboxylic acids is 1. The Morgan fingerprint density at radius 2 is 1.96 bits per heavy atom. The van der Waals surface area contributed by atoms with Crippen LogP contribution in [0.25, 0.3) is 5.70 Å². The van der Waals surface area contributed by atoms with E-state index >= 15 is 0 Å². The zero-order valence-electron chi connectivity index (χ0n) is 15.2. The van der Waals surface area contributed by atoms with Gasteiger partial charge in [-0.25, -0.2) is 0 Å². The summed E-state index contributed by atoms with van der Waals surface area (Å²) in [6.07, 6.45) is 9.43. The quantitative estimate of drug-likeness (QED) is 0.609. The Morgan fingerprint density at radius 1 is 1.28 bits per heavy atom. The lowest BCUT2D eigenvalue weighted by atomic mass is 9.84. The number of hydrogen-bond donors (Lipinski definition) is 2. The SMILES string of the molecule is CC1(C)Cc2cc(Cl)c(CO)cc2/C(=C/C(=O)C2CCCCCC2)N1. The van der Waals surface area contributed by atoms with E-state index < -0.39 is 0 Å². The number of aliphatic hydroxyl groups excluding tert-OH is 1. The summed E-state index contributed by atoms with van der Waals surface area (Å²) in [5.74, 6) is 0.378. The van der Waals surface area contributed by atoms with Crippen LogP contribution in [0.3, 0.4) is 0 Å². The van der Waals surface area contributed by atoms with Gasteiger partial charge in [0.25, 0.3) is 0 Å². The average Bonchev–Trinajstić information content (AvgIpc) is 2.82. The summed E-state index contributed by atoms with van der Waals surface area (Å²) in [4.78, 5) is 12.9. The molecule has 0 unspecified atom stereocenters. The zero-order valence-corrected chi connectivity index (χ0v) is 16.0. The van der Waals surface area contributed by atoms with Gasteiger partial charge < -0.3 is 10.4 Å². The number of halogens is 1. The first-order valence-corrected chi connectivity index (χ1v) is 9.74. The molecule has 136 valence electrons. The smallest absolute Gasteiger partial charge is 0.160 e. The molecule has 4 heteroatoms. The van der Waals surface area contributed by atoms with Gasteiger partial charge in [-0.05, 0) is 56.4 Å². The standard InChI is InChI=1S/C21H28ClNO2/c1-21(2)12-15-10-18(22)16(13-24)9-17(15)19(23-21)11-20(25)14-7-5-3-4-6-8-14/h9-11,14,23-24H,3-8,12-13H2,1-2H3/b19-11-. The Kier molecular flexibility index (Phi) is 5.55. The molecular weight excluding hydrogens is 334 g/mol. The van der Waals surface area contributed by atoms with E-state index in [1.807, 2.05) is 12.1 Å². The van der Waals surface area contributed by atoms with Crippen LogP contribution in [0.1, 0.15) is 69.1 Å². The molecular formula is C21H28ClNO2. The van der Waals surface area contributed by atoms with Crippen molar-refractivity contribution in [3.8, 4) is 0 Å². The number of aliphatic hydroxyl groups is 1. The van der Waals surface area contributed by atoms with Crippen molar-refractivity contribution < 1.29 is 9.90 Å². The molecule has 2 N–H and O–H groups in total. The van der Waals surface area contributed by atoms with Crippen LogP contribution in [-0.2, 0) is 17.8 Å². The molecule has 0 bridgehead atoms. The van der Waals surface area contributed by atoms with E-state index in [-0.39, 0.29) is 23.8 Å². The number of rotatable bonds is 3. The molecule has 0 spiro atoms. The van der Waals surface area contributed by atoms with Crippen molar-refractivity contribution >= 4 is 23.1 Å². The number of fused-ring (bicyclic) bond motifs is 1. The second-order valence-corrected chi connectivity index (χ2v) is 8.50. The maximum Gasteiger partial charge on any atom is 0.160 e. The van der Waals surface area contributed by atoms with Crippen LogP contribution in [-0.4, -0.2) is 16.4 Å². The summed E-state index contributed by atoms with van der Waals surface area (Å²) in [6, 6.07) is 3.86. The van der Waals surface area contributed by atoms with Gasteiger partial charge in [-0.3, -0.25) is 4.79 Å². The first kappa shape index (κ1) is 18.5. The van der Waals surface area contributed by atoms with E-state index in [4.69, 9.17) is 11.6 Å². The van der Waals surface area contributed by atoms with Crippen molar-refractivity contribution in [2.45, 2.75) is 70.9 Å². The Bertz CT molecular complexity index is 685. The molecule has 3 rings (SSSR count). The maximum absolute atomic E-state index is 12.9. The minimum absolute atomic E-state index is 0.0979. The van der Waals surface area contributed by atoms with Gasteiger partial charge in [0.15, 0.2) is 5.78 Å². The van der Waals surface area contributed by atoms with Gasteiger partial charge in [-0.15, -0.1) is 0 Å². The van der Waals surface area contributed by atoms with E-state index in [0.29, 0.717) is 10.6 Å². The minimum Gasteiger partial charge on any atom is -0.392 e. The summed E-state index contributed by atoms with van der Waals surface area (Å²) < 4.78 is 0. The van der Waals surface area contributed by atoms with Gasteiger partial charge in [0.05, 0.1) is 6.61 Å². The second-order valence-electron chi connectivity index (χ2n) is 8.09. The third-order valence-corrected chi connectivity index (χ3v) is 5.73. The van der Waals surface area contributed by atoms with Crippen molar-refractivity contribution in [3.05, 3.63) is 39.9 Å². The summed E-state index contributed by atoms with van der Waals surface area (Å²) in [5.41, 5.74) is 3.56. The van der Waals surface area contributed by atoms with Crippen molar-refractivity contribution in [1.29, 1.82) is 0 Å². The molecule has 1 aliphatic carbocycles. The van der Waals surface area contributed by atoms with Crippen molar-refractivity contribution in [3.63, 3.8) is 0 Å². The maximum atomic E-state index is 12.9. The fraction of sp³-hybridized carbons (Fsp3) is 0.571. The highest BCUT2D eigenvalue weighted by molar-refractivity contribution is 6.31. The molecule has 1 aromatic rings. The van der Waals surface area contributed by atoms with Gasteiger partial charge in [0, 0.05) is 33.8 Å². The molecule has 0 saturated heterocycles. The predicted octanol–water partition coefficient (Wildman–Crippen LogP) is 4.64. The van der Waals surface area contributed by atoms with E-state index in [1.54, 1.807) is 6.08 Å². The first-order chi connectivity index (χ1) is 11.9. The topological polar surface area (TPSA) is 49.3 Å². The van der Waals surface area contributed by atoms with Crippen LogP contribution < -0.4 is 5.32 Å². The van der Waals surface area contributed by atoms with Crippen LogP contribution in [0.15, 0.2) is 18.2 Å². The monoisotopic (exact) mass is 361 g/mol. The molecule has 1 aromatic carbocycles. The number of ketones is 1. The Morgan fingerprint density at radius 3 is 2.60 bits per heavy atom. The van der Waals surface area contributed by atoms with E-state index in [2.05, 4.69) is 19.2 Å². The molecule has 25 heavy (non-hydrogen) atoms. The lowest BCUT2D eigenvalue weighted by Gasteiger charge is -2.36. The Balaban J connectivity index is 1.96. The molecule has 2 aliphatic rings. The lowest BCUT2D eigenvalue weighted by Crippen LogP contribution is -2.44. The molecule has 0 radical (unpaired) electrons. The van der Waals surface area contributed by atoms with Crippen LogP contribution in [0.5, 0.6) is 0 Å². The minimum atomic E-state index is -0.132. The highest BCUT2D eigenvalue weighted by Gasteiger charge is 2.29. The van der Waals surface area contributed by atoms with Crippen LogP contribution in [0.4, 0.5) is 0 Å². The van der Waals surface area contributed by atoms with Crippen LogP contribution >= 0.6 is 11.6 Å². The van der Waals surface area contributed by atoms with Gasteiger partial charge in [0.1, 0.15) is 0 Å². The molecule has 1 heterocycles. The second kappa shape index (κ2) is 7.51. The summed E-state index contributed by atoms with van der Waals surface area (Å²) in [5, 5.41) is 13.6. The van der Waals surface area contributed by atoms with Crippen LogP contribution in [0, 0.1) is 5.92 Å². The molecule has 1 aliphatic heterocycles. The number of benzene rings is 1. The summed E-state index contributed by atoms with van der Waals surface area (Å²) >= 11 is 6.28. The normalized spacial score (nSPS) is 22.2. The van der Waals surface area contributed by atoms with Gasteiger partial charge in [0.2, 0.25) is 0 Å². The first-order valence-electron chi connectivity index (χ1n) is 9.36. The number of allylic oxidation sites excluding steroid dienone is 1. The lowest BCUT2D eigenvalue weighted by molar-refractivity contribution is -0.118. The van der Waals surface area contributed by atoms with Gasteiger partial charge in [-0.2, -0.15) is 0 Å². The third kappa shape index (κ3) is 4.27. The number of hydrogen-bond acceptors (Lipinski definition) is 3. The van der Waals surface area contributed by atoms with E-state index in [1.165, 1.54) is 12.8 Å². The highest BCUT2D eigenvalue weighted by atomic mass is 35.5. The van der Waals surface area contributed by atoms with Crippen molar-refractivity contribution in [2.24, 2.45) is 5.92 Å². The third-order valence-electron chi connectivity index (χ3n) is 5.38. The number of carbonyl (C=O) groups is 1. The highest BCUT2D eigenvalue weighted by Crippen LogP contribution is 2.34. The van der Waals surface area contributed by atoms with Crippen LogP contribution in [0.2, 0.25) is 5.02 Å². The van der Waals surface area contributed by atoms with Crippen molar-refractivity contribution in [2.75, 3.05) is 0 Å². The molecule has 1 saturated carbocycles. The molecule has 1 fully saturated rings. The Hall–Kier alpha value is -1.32. The molecule has 0 aromatic heterocycles. The molecule has 0 atom stereocenters. The van der Waals surface area contributed by atoms with E-state index in [0.717, 1.165) is 48.9 Å². The summed E-state index contributed by atoms with van der Waals surface area (Å²) in [7, 11) is 0. The van der Waals surface area contributed by atoms with Gasteiger partial charge in [-0.1, -0.05) is 37.3 Å². The largest absolute Gasteiger partial charge is 0.392 e.